The van der Waals surface area contributed by atoms with Crippen molar-refractivity contribution in [3.8, 4) is 11.5 Å². The molecule has 20 aromatic heterocycles. The lowest BCUT2D eigenvalue weighted by molar-refractivity contribution is -0.118. The maximum atomic E-state index is 12.0. The third kappa shape index (κ3) is 22.5. The van der Waals surface area contributed by atoms with Crippen LogP contribution in [0.4, 0.5) is 46.2 Å². The second-order valence-electron chi connectivity index (χ2n) is 35.7. The lowest BCUT2D eigenvalue weighted by atomic mass is 10.3. The van der Waals surface area contributed by atoms with Gasteiger partial charge in [0.05, 0.1) is 86.4 Å². The Bertz CT molecular complexity index is 8090. The number of carbonyl (C=O) groups excluding carboxylic acids is 5. The maximum absolute atomic E-state index is 12.0. The molecule has 0 aromatic carbocycles. The molecule has 6 N–H and O–H groups in total. The molecule has 6 aliphatic rings. The fourth-order valence-electron chi connectivity index (χ4n) is 15.2. The van der Waals surface area contributed by atoms with E-state index in [1.54, 1.807) is 53.6 Å². The van der Waals surface area contributed by atoms with Gasteiger partial charge in [-0.2, -0.15) is 25.5 Å². The van der Waals surface area contributed by atoms with Crippen LogP contribution in [0.2, 0.25) is 0 Å². The van der Waals surface area contributed by atoms with Crippen LogP contribution in [0.15, 0.2) is 234 Å². The normalized spacial score (nSPS) is 14.6. The van der Waals surface area contributed by atoms with Crippen LogP contribution in [0, 0.1) is 29.6 Å². The molecule has 6 fully saturated rings. The number of rotatable bonds is 28. The number of carbonyl (C=O) groups is 5. The van der Waals surface area contributed by atoms with Crippen molar-refractivity contribution in [3.63, 3.8) is 0 Å². The van der Waals surface area contributed by atoms with Crippen LogP contribution in [0.5, 0.6) is 11.5 Å². The summed E-state index contributed by atoms with van der Waals surface area (Å²) in [4.78, 5) is 86.1. The summed E-state index contributed by atoms with van der Waals surface area (Å²) in [6.07, 6.45) is 28.0. The van der Waals surface area contributed by atoms with Crippen LogP contribution in [-0.2, 0) is 28.7 Å². The first-order valence-electron chi connectivity index (χ1n) is 47.1. The number of hydrogen-bond acceptors (Lipinski definition) is 36. The maximum Gasteiger partial charge on any atom is 0.228 e. The SMILES string of the molecule is CC(C)Nc1ccc2nnc(Sc3ccc4nc(NC(=O)C5CC5)cn4n3)n2c1.CC(C)Oc1ccc2nnc(Sc3ccc4nc(NC(=O)C5CC5)cn4n3)n2c1.CCOc1ccc2nnc(Sc3ccc4nc(NC(=O)C5CC5)cn4n3)n2c1.CN(C)c1ccc2nnc(Sc3ccc4nc(NC(=O)C5CC5)cn4n3)n2c1.O=C(Nc1cn2nc(Sc3nnc4ccc(N5CCOCC5)cn34)ccc2n1)C1CC1. The van der Waals surface area contributed by atoms with Crippen molar-refractivity contribution in [1.29, 1.82) is 0 Å². The third-order valence-corrected chi connectivity index (χ3v) is 27.7. The number of amides is 5. The van der Waals surface area contributed by atoms with Crippen molar-refractivity contribution >= 4 is 191 Å². The second kappa shape index (κ2) is 40.9. The molecule has 0 atom stereocenters. The van der Waals surface area contributed by atoms with Gasteiger partial charge in [-0.1, -0.05) is 0 Å². The highest BCUT2D eigenvalue weighted by Crippen LogP contribution is 2.38. The van der Waals surface area contributed by atoms with Gasteiger partial charge in [0.2, 0.25) is 55.3 Å². The number of nitrogens with zero attached hydrogens (tertiary/aromatic N) is 32. The lowest BCUT2D eigenvalue weighted by Crippen LogP contribution is -2.36. The molecule has 21 heterocycles. The van der Waals surface area contributed by atoms with Crippen LogP contribution >= 0.6 is 58.8 Å². The van der Waals surface area contributed by atoms with E-state index in [-0.39, 0.29) is 65.2 Å². The first-order chi connectivity index (χ1) is 70.6. The number of ether oxygens (including phenoxy) is 3. The van der Waals surface area contributed by atoms with Crippen LogP contribution in [0.3, 0.4) is 0 Å². The van der Waals surface area contributed by atoms with E-state index in [1.807, 2.05) is 202 Å². The molecule has 46 nitrogen and oxygen atoms in total. The molecule has 0 bridgehead atoms. The smallest absolute Gasteiger partial charge is 0.228 e. The fraction of sp³-hybridized carbons (Fsp3) is 0.309. The number of morpholine rings is 1. The minimum absolute atomic E-state index is 0.0253. The highest BCUT2D eigenvalue weighted by Gasteiger charge is 2.35. The van der Waals surface area contributed by atoms with E-state index in [4.69, 9.17) is 14.2 Å². The first kappa shape index (κ1) is 94.2. The van der Waals surface area contributed by atoms with Gasteiger partial charge in [0.25, 0.3) is 0 Å². The van der Waals surface area contributed by atoms with Gasteiger partial charge >= 0.3 is 0 Å². The molecule has 1 aliphatic heterocycles. The number of imidazole rings is 5. The molecule has 0 unspecified atom stereocenters. The minimum Gasteiger partial charge on any atom is -0.492 e. The van der Waals surface area contributed by atoms with E-state index in [1.165, 1.54) is 58.8 Å². The highest BCUT2D eigenvalue weighted by atomic mass is 32.2. The Balaban J connectivity index is 0.000000103. The zero-order valence-electron chi connectivity index (χ0n) is 79.1. The Morgan fingerprint density at radius 1 is 0.352 bits per heavy atom. The quantitative estimate of drug-likeness (QED) is 0.0265. The molecule has 1 saturated heterocycles. The molecule has 0 spiro atoms. The molecule has 5 aliphatic carbocycles. The first-order valence-corrected chi connectivity index (χ1v) is 51.2. The number of anilines is 8. The van der Waals surface area contributed by atoms with E-state index in [0.29, 0.717) is 80.3 Å². The Morgan fingerprint density at radius 2 is 0.648 bits per heavy atom. The van der Waals surface area contributed by atoms with Crippen molar-refractivity contribution in [1.82, 2.24) is 146 Å². The summed E-state index contributed by atoms with van der Waals surface area (Å²) in [7, 11) is 3.99. The fourth-order valence-corrected chi connectivity index (χ4v) is 19.0. The molecule has 0 radical (unpaired) electrons. The number of nitrogens with one attached hydrogen (secondary N) is 6. The Labute approximate surface area is 844 Å². The Hall–Kier alpha value is -15.7. The third-order valence-electron chi connectivity index (χ3n) is 23.3. The predicted molar refractivity (Wildman–Crippen MR) is 540 cm³/mol. The van der Waals surface area contributed by atoms with Gasteiger partial charge in [-0.25, -0.2) is 47.5 Å². The largest absolute Gasteiger partial charge is 0.492 e. The number of pyridine rings is 5. The van der Waals surface area contributed by atoms with Gasteiger partial charge in [-0.15, -0.1) is 51.0 Å². The summed E-state index contributed by atoms with van der Waals surface area (Å²) in [6, 6.07) is 38.5. The summed E-state index contributed by atoms with van der Waals surface area (Å²) in [5.74, 6) is 4.91. The van der Waals surface area contributed by atoms with Crippen LogP contribution < -0.4 is 51.2 Å². The van der Waals surface area contributed by atoms with E-state index in [9.17, 15) is 24.0 Å². The average Bonchev–Trinajstić information content (AvgIpc) is 1.65. The summed E-state index contributed by atoms with van der Waals surface area (Å²) in [5.41, 5.74) is 10.3. The van der Waals surface area contributed by atoms with Crippen LogP contribution in [-0.4, -0.2) is 235 Å². The molecule has 5 saturated carbocycles. The van der Waals surface area contributed by atoms with Crippen molar-refractivity contribution < 1.29 is 38.2 Å². The summed E-state index contributed by atoms with van der Waals surface area (Å²) in [6.45, 7) is 13.9. The zero-order valence-corrected chi connectivity index (χ0v) is 83.2. The van der Waals surface area contributed by atoms with Gasteiger partial charge < -0.3 is 55.9 Å². The molecule has 738 valence electrons. The average molecular weight is 2040 g/mol. The van der Waals surface area contributed by atoms with E-state index in [2.05, 4.69) is 164 Å². The number of aromatic nitrogens is 30. The Kier molecular flexibility index (Phi) is 26.6. The lowest BCUT2D eigenvalue weighted by Gasteiger charge is -2.28. The number of fused-ring (bicyclic) bond motifs is 10. The van der Waals surface area contributed by atoms with Gasteiger partial charge in [0.15, 0.2) is 85.6 Å². The Morgan fingerprint density at radius 3 is 0.972 bits per heavy atom. The highest BCUT2D eigenvalue weighted by molar-refractivity contribution is 8.00. The predicted octanol–water partition coefficient (Wildman–Crippen LogP) is 13.3. The van der Waals surface area contributed by atoms with Crippen molar-refractivity contribution in [2.45, 2.75) is 162 Å². The van der Waals surface area contributed by atoms with Crippen molar-refractivity contribution in [2.75, 3.05) is 88.7 Å². The number of hydrogen-bond donors (Lipinski definition) is 6. The van der Waals surface area contributed by atoms with Crippen molar-refractivity contribution in [3.05, 3.63) is 183 Å². The van der Waals surface area contributed by atoms with E-state index < -0.39 is 0 Å². The molecule has 145 heavy (non-hydrogen) atoms. The molecule has 5 amide bonds. The van der Waals surface area contributed by atoms with Crippen LogP contribution in [0.25, 0.3) is 56.5 Å². The molecular weight excluding hydrogens is 1950 g/mol. The van der Waals surface area contributed by atoms with Gasteiger partial charge in [0, 0.05) is 81.4 Å². The van der Waals surface area contributed by atoms with Gasteiger partial charge in [-0.05, 0) is 279 Å². The van der Waals surface area contributed by atoms with Crippen LogP contribution in [0.1, 0.15) is 98.8 Å². The second-order valence-corrected chi connectivity index (χ2v) is 40.6. The molecule has 51 heteroatoms. The summed E-state index contributed by atoms with van der Waals surface area (Å²) in [5, 5.41) is 90.4. The zero-order chi connectivity index (χ0) is 99.0. The standard InChI is InChI=1S/C20H20N8O2S.C19H20N8OS.C19H19N7O2S.C18H18N8OS.C18H17N7O2S/c29-19(13-1-2-13)22-15-12-28-16(21-15)5-6-18(25-28)31-20-24-23-17-4-3-14(11-27(17)20)26-7-9-30-10-8-26;1-11(2)20-13-5-6-16-23-24-19(26(16)9-13)29-17-8-7-15-21-14(10-27(15)25-17)22-18(28)12-3-4-12;1-11(2)28-13-5-6-16-22-23-19(25(16)9-13)29-17-8-7-15-20-14(10-26(15)24-17)21-18(27)12-3-4-12;1-24(2)12-5-6-15-21-22-18(25(15)9-12)28-16-8-7-14-19-13(10-26(14)23-16)20-17(27)11-3-4-11;1-2-27-12-5-6-15-21-22-18(24(15)9-12)28-16-8-7-14-19-13(10-25(14)23-16)20-17(26)11-3-4-11/h3-6,11-13H,1-2,7-10H2,(H,22,29);5-12,20H,3-4H2,1-2H3,(H,22,28);5-12H,3-4H2,1-2H3,(H,21,27);5-11H,3-4H2,1-2H3,(H,20,27);5-11H,2-4H2,1H3,(H,20,26). The topological polar surface area (TPSA) is 494 Å². The molecule has 20 aromatic rings. The monoisotopic (exact) mass is 2040 g/mol. The van der Waals surface area contributed by atoms with E-state index >= 15 is 0 Å². The summed E-state index contributed by atoms with van der Waals surface area (Å²) >= 11 is 7.05. The van der Waals surface area contributed by atoms with Crippen molar-refractivity contribution in [2.24, 2.45) is 29.6 Å². The van der Waals surface area contributed by atoms with E-state index in [0.717, 1.165) is 188 Å². The molecular formula is C94H94N38O8S5. The van der Waals surface area contributed by atoms with Gasteiger partial charge in [0.1, 0.15) is 36.6 Å². The minimum atomic E-state index is 0.0253. The van der Waals surface area contributed by atoms with Gasteiger partial charge in [-0.3, -0.25) is 46.0 Å². The molecule has 26 rings (SSSR count). The summed E-state index contributed by atoms with van der Waals surface area (Å²) < 4.78 is 34.7.